The van der Waals surface area contributed by atoms with Crippen LogP contribution in [0, 0.1) is 5.92 Å². The van der Waals surface area contributed by atoms with Gasteiger partial charge in [0.1, 0.15) is 0 Å². The van der Waals surface area contributed by atoms with E-state index in [9.17, 15) is 19.1 Å². The maximum absolute atomic E-state index is 12.9. The van der Waals surface area contributed by atoms with Crippen LogP contribution in [0.1, 0.15) is 0 Å². The van der Waals surface area contributed by atoms with Crippen LogP contribution in [0.2, 0.25) is 0 Å². The van der Waals surface area contributed by atoms with Gasteiger partial charge in [-0.2, -0.15) is 0 Å². The number of carbonyl (C=O) groups is 1. The average molecular weight is 478 g/mol. The van der Waals surface area contributed by atoms with Crippen LogP contribution < -0.4 is 5.32 Å². The molecule has 0 saturated carbocycles. The third-order valence-electron chi connectivity index (χ3n) is 4.80. The summed E-state index contributed by atoms with van der Waals surface area (Å²) in [4.78, 5) is 32.9. The topological polar surface area (TPSA) is 86.6 Å². The highest BCUT2D eigenvalue weighted by Crippen LogP contribution is 2.53. The van der Waals surface area contributed by atoms with E-state index >= 15 is 0 Å². The van der Waals surface area contributed by atoms with E-state index in [4.69, 9.17) is 0 Å². The van der Waals surface area contributed by atoms with Crippen LogP contribution in [0.4, 0.5) is 5.69 Å². The normalized spacial score (nSPS) is 22.4. The Morgan fingerprint density at radius 1 is 1.18 bits per heavy atom. The minimum atomic E-state index is -4.71. The van der Waals surface area contributed by atoms with Gasteiger partial charge in [0, 0.05) is 21.3 Å². The minimum absolute atomic E-state index is 0.0406. The number of hydrogen-bond donors (Lipinski definition) is 3. The Labute approximate surface area is 174 Å². The summed E-state index contributed by atoms with van der Waals surface area (Å²) in [6.45, 7) is 0. The third kappa shape index (κ3) is 3.91. The SMILES string of the molecule is O=C(Nc1ccc2ccccc2c1)C(C1=CSC2C=CC(Br)=CC12)P(=O)(O)O. The maximum Gasteiger partial charge on any atom is 0.342 e. The van der Waals surface area contributed by atoms with Gasteiger partial charge in [-0.1, -0.05) is 64.5 Å². The van der Waals surface area contributed by atoms with Crippen molar-refractivity contribution in [2.45, 2.75) is 10.9 Å². The van der Waals surface area contributed by atoms with Crippen molar-refractivity contribution in [2.75, 3.05) is 5.32 Å². The quantitative estimate of drug-likeness (QED) is 0.551. The number of thioether (sulfide) groups is 1. The fraction of sp³-hybridized carbons (Fsp3) is 0.150. The standard InChI is InChI=1S/C20H17BrNO4PS/c21-14-6-8-18-16(10-14)17(11-28-18)19(27(24,25)26)20(23)22-15-7-5-12-3-1-2-4-13(12)9-15/h1-11,16,18-19H,(H,22,23)(H2,24,25,26). The Bertz CT molecular complexity index is 1090. The second kappa shape index (κ2) is 7.65. The molecule has 1 aliphatic carbocycles. The van der Waals surface area contributed by atoms with E-state index in [0.29, 0.717) is 11.3 Å². The molecule has 0 bridgehead atoms. The summed E-state index contributed by atoms with van der Waals surface area (Å²) in [5.41, 5.74) is -0.572. The monoisotopic (exact) mass is 477 g/mol. The van der Waals surface area contributed by atoms with Crippen LogP contribution in [-0.2, 0) is 9.36 Å². The average Bonchev–Trinajstić information content (AvgIpc) is 3.03. The Morgan fingerprint density at radius 2 is 1.93 bits per heavy atom. The number of rotatable bonds is 4. The second-order valence-electron chi connectivity index (χ2n) is 6.70. The third-order valence-corrected chi connectivity index (χ3v) is 7.71. The van der Waals surface area contributed by atoms with E-state index in [1.165, 1.54) is 11.8 Å². The highest BCUT2D eigenvalue weighted by molar-refractivity contribution is 9.11. The molecule has 28 heavy (non-hydrogen) atoms. The molecule has 0 spiro atoms. The first-order valence-electron chi connectivity index (χ1n) is 8.59. The molecule has 1 aliphatic heterocycles. The molecule has 1 heterocycles. The molecule has 0 saturated heterocycles. The first kappa shape index (κ1) is 19.7. The van der Waals surface area contributed by atoms with Gasteiger partial charge in [-0.05, 0) is 33.9 Å². The van der Waals surface area contributed by atoms with E-state index in [1.54, 1.807) is 17.5 Å². The first-order valence-corrected chi connectivity index (χ1v) is 12.0. The number of nitrogens with one attached hydrogen (secondary N) is 1. The maximum atomic E-state index is 12.9. The number of hydrogen-bond acceptors (Lipinski definition) is 3. The highest BCUT2D eigenvalue weighted by Gasteiger charge is 2.45. The molecule has 1 amide bonds. The molecular weight excluding hydrogens is 461 g/mol. The van der Waals surface area contributed by atoms with Crippen molar-refractivity contribution in [2.24, 2.45) is 5.92 Å². The molecule has 8 heteroatoms. The van der Waals surface area contributed by atoms with Crippen LogP contribution in [0.5, 0.6) is 0 Å². The van der Waals surface area contributed by atoms with Crippen molar-refractivity contribution >= 4 is 57.7 Å². The Hall–Kier alpha value is -1.63. The smallest absolute Gasteiger partial charge is 0.325 e. The van der Waals surface area contributed by atoms with Gasteiger partial charge < -0.3 is 15.1 Å². The molecule has 2 aromatic rings. The van der Waals surface area contributed by atoms with Gasteiger partial charge in [0.05, 0.1) is 0 Å². The molecule has 5 nitrogen and oxygen atoms in total. The molecule has 0 aromatic heterocycles. The molecule has 4 rings (SSSR count). The molecule has 2 aliphatic rings. The largest absolute Gasteiger partial charge is 0.342 e. The number of halogens is 1. The summed E-state index contributed by atoms with van der Waals surface area (Å²) in [5, 5.41) is 6.41. The second-order valence-corrected chi connectivity index (χ2v) is 10.4. The van der Waals surface area contributed by atoms with Gasteiger partial charge in [0.2, 0.25) is 5.91 Å². The van der Waals surface area contributed by atoms with Crippen LogP contribution in [0.25, 0.3) is 10.8 Å². The van der Waals surface area contributed by atoms with Crippen LogP contribution >= 0.6 is 35.3 Å². The number of benzene rings is 2. The molecule has 144 valence electrons. The van der Waals surface area contributed by atoms with Gasteiger partial charge in [-0.25, -0.2) is 0 Å². The highest BCUT2D eigenvalue weighted by atomic mass is 79.9. The Balaban J connectivity index is 1.63. The number of anilines is 1. The summed E-state index contributed by atoms with van der Waals surface area (Å²) < 4.78 is 13.1. The van der Waals surface area contributed by atoms with E-state index in [1.807, 2.05) is 48.6 Å². The van der Waals surface area contributed by atoms with E-state index in [0.717, 1.165) is 15.3 Å². The summed E-state index contributed by atoms with van der Waals surface area (Å²) in [6, 6.07) is 13.1. The first-order chi connectivity index (χ1) is 13.3. The molecule has 3 unspecified atom stereocenters. The van der Waals surface area contributed by atoms with E-state index < -0.39 is 19.2 Å². The summed E-state index contributed by atoms with van der Waals surface area (Å²) in [5.74, 6) is -0.931. The number of allylic oxidation sites excluding steroid dienone is 3. The van der Waals surface area contributed by atoms with Gasteiger partial charge in [0.25, 0.3) is 0 Å². The van der Waals surface area contributed by atoms with Crippen molar-refractivity contribution in [1.29, 1.82) is 0 Å². The lowest BCUT2D eigenvalue weighted by atomic mass is 9.90. The number of fused-ring (bicyclic) bond motifs is 2. The molecule has 0 fully saturated rings. The molecule has 3 atom stereocenters. The van der Waals surface area contributed by atoms with Crippen molar-refractivity contribution in [1.82, 2.24) is 0 Å². The molecule has 2 aromatic carbocycles. The van der Waals surface area contributed by atoms with Gasteiger partial charge in [-0.15, -0.1) is 11.8 Å². The zero-order valence-corrected chi connectivity index (χ0v) is 17.8. The van der Waals surface area contributed by atoms with Gasteiger partial charge >= 0.3 is 7.60 Å². The van der Waals surface area contributed by atoms with Crippen molar-refractivity contribution in [3.05, 3.63) is 76.2 Å². The van der Waals surface area contributed by atoms with E-state index in [2.05, 4.69) is 21.2 Å². The lowest BCUT2D eigenvalue weighted by Gasteiger charge is -2.26. The van der Waals surface area contributed by atoms with E-state index in [-0.39, 0.29) is 11.2 Å². The van der Waals surface area contributed by atoms with Gasteiger partial charge in [-0.3, -0.25) is 9.36 Å². The zero-order chi connectivity index (χ0) is 19.9. The molecular formula is C20H17BrNO4PS. The zero-order valence-electron chi connectivity index (χ0n) is 14.5. The lowest BCUT2D eigenvalue weighted by molar-refractivity contribution is -0.115. The minimum Gasteiger partial charge on any atom is -0.325 e. The summed E-state index contributed by atoms with van der Waals surface area (Å²) >= 11 is 4.88. The van der Waals surface area contributed by atoms with Crippen molar-refractivity contribution in [3.8, 4) is 0 Å². The Morgan fingerprint density at radius 3 is 2.68 bits per heavy atom. The summed E-state index contributed by atoms with van der Waals surface area (Å²) in [7, 11) is -4.71. The fourth-order valence-electron chi connectivity index (χ4n) is 3.50. The van der Waals surface area contributed by atoms with Crippen LogP contribution in [0.15, 0.2) is 76.2 Å². The number of carbonyl (C=O) groups excluding carboxylic acids is 1. The Kier molecular flexibility index (Phi) is 5.38. The lowest BCUT2D eigenvalue weighted by Crippen LogP contribution is -2.33. The molecule has 0 radical (unpaired) electrons. The fourth-order valence-corrected chi connectivity index (χ4v) is 6.23. The van der Waals surface area contributed by atoms with Crippen LogP contribution in [-0.4, -0.2) is 26.6 Å². The number of amides is 1. The van der Waals surface area contributed by atoms with Crippen molar-refractivity contribution in [3.63, 3.8) is 0 Å². The predicted octanol–water partition coefficient (Wildman–Crippen LogP) is 4.79. The molecule has 3 N–H and O–H groups in total. The van der Waals surface area contributed by atoms with Gasteiger partial charge in [0.15, 0.2) is 5.66 Å². The summed E-state index contributed by atoms with van der Waals surface area (Å²) in [6.07, 6.45) is 5.77. The van der Waals surface area contributed by atoms with Crippen LogP contribution in [0.3, 0.4) is 0 Å². The predicted molar refractivity (Wildman–Crippen MR) is 118 cm³/mol. The van der Waals surface area contributed by atoms with Crippen molar-refractivity contribution < 1.29 is 19.1 Å².